The highest BCUT2D eigenvalue weighted by atomic mass is 16.8. The van der Waals surface area contributed by atoms with Gasteiger partial charge >= 0.3 is 0 Å². The van der Waals surface area contributed by atoms with Gasteiger partial charge in [0.1, 0.15) is 17.8 Å². The average Bonchev–Trinajstić information content (AvgIpc) is 3.12. The highest BCUT2D eigenvalue weighted by Gasteiger charge is 2.08. The molecule has 3 N–H and O–H groups in total. The topological polar surface area (TPSA) is 113 Å². The van der Waals surface area contributed by atoms with Crippen LogP contribution in [0.2, 0.25) is 0 Å². The monoisotopic (exact) mass is 355 g/mol. The predicted octanol–water partition coefficient (Wildman–Crippen LogP) is 2.68. The molecular weight excluding hydrogens is 338 g/mol. The van der Waals surface area contributed by atoms with Crippen LogP contribution in [-0.2, 0) is 11.3 Å². The van der Waals surface area contributed by atoms with Crippen LogP contribution in [0.25, 0.3) is 0 Å². The number of rotatable bonds is 7. The summed E-state index contributed by atoms with van der Waals surface area (Å²) in [7, 11) is 0. The van der Waals surface area contributed by atoms with E-state index in [2.05, 4.69) is 15.4 Å². The predicted molar refractivity (Wildman–Crippen MR) is 92.3 cm³/mol. The van der Waals surface area contributed by atoms with Crippen LogP contribution in [0.15, 0.2) is 60.9 Å². The molecule has 0 unspecified atom stereocenters. The Bertz CT molecular complexity index is 849. The van der Waals surface area contributed by atoms with Crippen LogP contribution in [0.4, 0.5) is 11.6 Å². The van der Waals surface area contributed by atoms with E-state index >= 15 is 0 Å². The van der Waals surface area contributed by atoms with E-state index in [0.717, 1.165) is 5.75 Å². The standard InChI is InChI=1S/C17H17N5O4/c23-16(10-11-21-12-18-17(20-21)22(24)25)19-13-6-8-15(9-7-13)26-14-4-2-1-3-5-14/h1-9,12,24-25H,10-11H2,(H,19,23). The van der Waals surface area contributed by atoms with Gasteiger partial charge in [-0.05, 0) is 36.4 Å². The molecule has 9 nitrogen and oxygen atoms in total. The number of benzene rings is 2. The van der Waals surface area contributed by atoms with Gasteiger partial charge in [0.2, 0.25) is 5.91 Å². The molecule has 0 aliphatic heterocycles. The largest absolute Gasteiger partial charge is 0.457 e. The lowest BCUT2D eigenvalue weighted by Crippen LogP contribution is -2.16. The zero-order valence-electron chi connectivity index (χ0n) is 13.7. The highest BCUT2D eigenvalue weighted by molar-refractivity contribution is 5.90. The molecule has 0 saturated heterocycles. The van der Waals surface area contributed by atoms with Crippen molar-refractivity contribution in [3.05, 3.63) is 60.9 Å². The first-order valence-electron chi connectivity index (χ1n) is 7.80. The zero-order chi connectivity index (χ0) is 18.4. The minimum Gasteiger partial charge on any atom is -0.457 e. The van der Waals surface area contributed by atoms with E-state index in [1.165, 1.54) is 11.0 Å². The fraction of sp³-hybridized carbons (Fsp3) is 0.118. The molecule has 0 spiro atoms. The Morgan fingerprint density at radius 3 is 2.42 bits per heavy atom. The molecule has 9 heteroatoms. The number of carbonyl (C=O) groups is 1. The summed E-state index contributed by atoms with van der Waals surface area (Å²) < 4.78 is 7.03. The molecule has 0 fully saturated rings. The molecule has 26 heavy (non-hydrogen) atoms. The molecule has 1 amide bonds. The van der Waals surface area contributed by atoms with E-state index in [-0.39, 0.29) is 30.0 Å². The Labute approximate surface area is 149 Å². The van der Waals surface area contributed by atoms with Crippen molar-refractivity contribution in [2.24, 2.45) is 0 Å². The van der Waals surface area contributed by atoms with E-state index in [4.69, 9.17) is 15.2 Å². The van der Waals surface area contributed by atoms with Gasteiger partial charge in [0.15, 0.2) is 0 Å². The lowest BCUT2D eigenvalue weighted by Gasteiger charge is -2.08. The maximum atomic E-state index is 12.0. The third-order valence-electron chi connectivity index (χ3n) is 3.39. The van der Waals surface area contributed by atoms with Gasteiger partial charge in [0.05, 0.1) is 6.54 Å². The molecule has 0 radical (unpaired) electrons. The smallest absolute Gasteiger partial charge is 0.295 e. The number of hydrogen-bond donors (Lipinski definition) is 3. The lowest BCUT2D eigenvalue weighted by molar-refractivity contribution is -0.116. The first-order chi connectivity index (χ1) is 12.6. The highest BCUT2D eigenvalue weighted by Crippen LogP contribution is 2.22. The number of aromatic nitrogens is 3. The number of aryl methyl sites for hydroxylation is 1. The summed E-state index contributed by atoms with van der Waals surface area (Å²) in [6, 6.07) is 16.4. The van der Waals surface area contributed by atoms with Gasteiger partial charge in [-0.25, -0.2) is 0 Å². The molecular formula is C17H17N5O4. The molecule has 3 aromatic rings. The second-order valence-corrected chi connectivity index (χ2v) is 5.33. The summed E-state index contributed by atoms with van der Waals surface area (Å²) in [6.45, 7) is 0.252. The van der Waals surface area contributed by atoms with Crippen LogP contribution in [-0.4, -0.2) is 31.1 Å². The third kappa shape index (κ3) is 4.79. The van der Waals surface area contributed by atoms with E-state index < -0.39 is 0 Å². The lowest BCUT2D eigenvalue weighted by atomic mass is 10.3. The van der Waals surface area contributed by atoms with Crippen molar-refractivity contribution in [2.75, 3.05) is 10.5 Å². The Hall–Kier alpha value is -3.43. The summed E-state index contributed by atoms with van der Waals surface area (Å²) in [5.74, 6) is 0.936. The number of ether oxygens (including phenoxy) is 1. The van der Waals surface area contributed by atoms with Gasteiger partial charge in [0.25, 0.3) is 5.95 Å². The van der Waals surface area contributed by atoms with Crippen LogP contribution in [0.3, 0.4) is 0 Å². The number of nitrogens with one attached hydrogen (secondary N) is 1. The summed E-state index contributed by atoms with van der Waals surface area (Å²) in [4.78, 5) is 15.6. The van der Waals surface area contributed by atoms with Crippen LogP contribution in [0.1, 0.15) is 6.42 Å². The molecule has 2 aromatic carbocycles. The van der Waals surface area contributed by atoms with Crippen LogP contribution >= 0.6 is 0 Å². The Morgan fingerprint density at radius 1 is 1.08 bits per heavy atom. The average molecular weight is 355 g/mol. The second-order valence-electron chi connectivity index (χ2n) is 5.33. The number of para-hydroxylation sites is 1. The van der Waals surface area contributed by atoms with Gasteiger partial charge < -0.3 is 10.1 Å². The Balaban J connectivity index is 1.49. The molecule has 1 heterocycles. The fourth-order valence-electron chi connectivity index (χ4n) is 2.15. The second kappa shape index (κ2) is 8.10. The number of hydrogen-bond acceptors (Lipinski definition) is 7. The molecule has 3 rings (SSSR count). The number of carbonyl (C=O) groups excluding carboxylic acids is 1. The van der Waals surface area contributed by atoms with Crippen LogP contribution in [0, 0.1) is 0 Å². The molecule has 0 saturated carbocycles. The van der Waals surface area contributed by atoms with E-state index in [1.807, 2.05) is 30.3 Å². The van der Waals surface area contributed by atoms with Crippen molar-refractivity contribution in [1.82, 2.24) is 14.8 Å². The van der Waals surface area contributed by atoms with Gasteiger partial charge in [-0.3, -0.25) is 19.9 Å². The van der Waals surface area contributed by atoms with Crippen LogP contribution < -0.4 is 15.3 Å². The Morgan fingerprint density at radius 2 is 1.77 bits per heavy atom. The molecule has 0 bridgehead atoms. The minimum atomic E-state index is -0.264. The van der Waals surface area contributed by atoms with Gasteiger partial charge in [-0.2, -0.15) is 4.98 Å². The van der Waals surface area contributed by atoms with Crippen LogP contribution in [0.5, 0.6) is 11.5 Å². The zero-order valence-corrected chi connectivity index (χ0v) is 13.7. The van der Waals surface area contributed by atoms with Gasteiger partial charge in [-0.15, -0.1) is 5.10 Å². The summed E-state index contributed by atoms with van der Waals surface area (Å²) >= 11 is 0. The third-order valence-corrected chi connectivity index (χ3v) is 3.39. The van der Waals surface area contributed by atoms with E-state index in [1.54, 1.807) is 24.3 Å². The normalized spacial score (nSPS) is 10.4. The van der Waals surface area contributed by atoms with E-state index in [0.29, 0.717) is 11.4 Å². The first-order valence-corrected chi connectivity index (χ1v) is 7.80. The van der Waals surface area contributed by atoms with Gasteiger partial charge in [0, 0.05) is 12.1 Å². The Kier molecular flexibility index (Phi) is 5.42. The van der Waals surface area contributed by atoms with Crippen molar-refractivity contribution in [3.8, 4) is 11.5 Å². The first kappa shape index (κ1) is 17.4. The summed E-state index contributed by atoms with van der Waals surface area (Å²) in [6.07, 6.45) is 1.46. The molecule has 0 atom stereocenters. The quantitative estimate of drug-likeness (QED) is 0.558. The number of nitrogens with zero attached hydrogens (tertiary/aromatic N) is 4. The minimum absolute atomic E-state index is 0.155. The number of anilines is 2. The fourth-order valence-corrected chi connectivity index (χ4v) is 2.15. The van der Waals surface area contributed by atoms with Crippen molar-refractivity contribution < 1.29 is 19.9 Å². The molecule has 134 valence electrons. The van der Waals surface area contributed by atoms with Crippen molar-refractivity contribution >= 4 is 17.5 Å². The summed E-state index contributed by atoms with van der Waals surface area (Å²) in [5, 5.41) is 23.9. The van der Waals surface area contributed by atoms with Crippen molar-refractivity contribution in [2.45, 2.75) is 13.0 Å². The number of amides is 1. The van der Waals surface area contributed by atoms with E-state index in [9.17, 15) is 4.79 Å². The van der Waals surface area contributed by atoms with Crippen molar-refractivity contribution in [1.29, 1.82) is 0 Å². The molecule has 0 aliphatic rings. The van der Waals surface area contributed by atoms with Crippen molar-refractivity contribution in [3.63, 3.8) is 0 Å². The summed E-state index contributed by atoms with van der Waals surface area (Å²) in [5.41, 5.74) is 0.645. The maximum Gasteiger partial charge on any atom is 0.295 e. The molecule has 1 aromatic heterocycles. The van der Waals surface area contributed by atoms with Gasteiger partial charge in [-0.1, -0.05) is 23.4 Å². The maximum absolute atomic E-state index is 12.0. The SMILES string of the molecule is O=C(CCn1cnc(N(O)O)n1)Nc1ccc(Oc2ccccc2)cc1. The molecule has 0 aliphatic carbocycles.